The fraction of sp³-hybridized carbons (Fsp3) is 0.857. The van der Waals surface area contributed by atoms with Gasteiger partial charge in [0.05, 0.1) is 24.4 Å². The van der Waals surface area contributed by atoms with Crippen molar-refractivity contribution in [3.05, 3.63) is 11.5 Å². The van der Waals surface area contributed by atoms with Crippen LogP contribution in [0.2, 0.25) is 0 Å². The molecule has 20 heavy (non-hydrogen) atoms. The lowest BCUT2D eigenvalue weighted by Gasteiger charge is -2.39. The van der Waals surface area contributed by atoms with Gasteiger partial charge in [-0.25, -0.2) is 0 Å². The summed E-state index contributed by atoms with van der Waals surface area (Å²) in [4.78, 5) is 0. The van der Waals surface area contributed by atoms with E-state index in [2.05, 4.69) is 0 Å². The third-order valence-electron chi connectivity index (χ3n) is 4.48. The molecule has 0 aromatic heterocycles. The zero-order valence-corrected chi connectivity index (χ0v) is 12.8. The van der Waals surface area contributed by atoms with Crippen LogP contribution in [0.5, 0.6) is 0 Å². The van der Waals surface area contributed by atoms with Crippen LogP contribution in [0.1, 0.15) is 47.0 Å². The number of ether oxygens (including phenoxy) is 2. The van der Waals surface area contributed by atoms with E-state index in [0.29, 0.717) is 26.1 Å². The molecule has 2 N–H and O–H groups in total. The standard InChI is InChI=1S/C14H25BO5/c1-12(2,16)13(3,4)20-15(17)11-5-7-14(8-6-11)18-9-10-19-14/h5,16-17H,6-10H2,1-4H3. The van der Waals surface area contributed by atoms with Crippen LogP contribution in [0.3, 0.4) is 0 Å². The van der Waals surface area contributed by atoms with E-state index in [4.69, 9.17) is 14.1 Å². The molecule has 0 unspecified atom stereocenters. The third-order valence-corrected chi connectivity index (χ3v) is 4.48. The molecule has 1 aliphatic carbocycles. The lowest BCUT2D eigenvalue weighted by molar-refractivity contribution is -0.161. The van der Waals surface area contributed by atoms with Crippen molar-refractivity contribution in [2.75, 3.05) is 13.2 Å². The molecular formula is C14H25BO5. The highest BCUT2D eigenvalue weighted by molar-refractivity contribution is 6.52. The summed E-state index contributed by atoms with van der Waals surface area (Å²) in [6, 6.07) is 0. The van der Waals surface area contributed by atoms with Crippen molar-refractivity contribution in [3.63, 3.8) is 0 Å². The quantitative estimate of drug-likeness (QED) is 0.764. The number of aliphatic hydroxyl groups is 1. The van der Waals surface area contributed by atoms with Crippen LogP contribution >= 0.6 is 0 Å². The molecule has 5 nitrogen and oxygen atoms in total. The Morgan fingerprint density at radius 1 is 1.25 bits per heavy atom. The smallest absolute Gasteiger partial charge is 0.423 e. The number of hydrogen-bond acceptors (Lipinski definition) is 5. The van der Waals surface area contributed by atoms with Crippen LogP contribution in [-0.2, 0) is 14.1 Å². The Labute approximate surface area is 121 Å². The Morgan fingerprint density at radius 2 is 1.85 bits per heavy atom. The molecule has 0 atom stereocenters. The third kappa shape index (κ3) is 3.26. The van der Waals surface area contributed by atoms with E-state index in [-0.39, 0.29) is 0 Å². The van der Waals surface area contributed by atoms with E-state index < -0.39 is 24.1 Å². The highest BCUT2D eigenvalue weighted by Gasteiger charge is 2.43. The average molecular weight is 284 g/mol. The van der Waals surface area contributed by atoms with Crippen molar-refractivity contribution in [2.24, 2.45) is 0 Å². The molecule has 0 aromatic rings. The monoisotopic (exact) mass is 284 g/mol. The van der Waals surface area contributed by atoms with Crippen LogP contribution in [0.15, 0.2) is 11.5 Å². The molecule has 6 heteroatoms. The molecule has 0 radical (unpaired) electrons. The van der Waals surface area contributed by atoms with Crippen LogP contribution in [-0.4, -0.2) is 47.5 Å². The van der Waals surface area contributed by atoms with E-state index in [0.717, 1.165) is 11.9 Å². The Kier molecular flexibility index (Phi) is 4.33. The van der Waals surface area contributed by atoms with Gasteiger partial charge in [-0.1, -0.05) is 6.08 Å². The average Bonchev–Trinajstić information content (AvgIpc) is 2.76. The summed E-state index contributed by atoms with van der Waals surface area (Å²) in [5.74, 6) is -0.491. The van der Waals surface area contributed by atoms with E-state index in [9.17, 15) is 10.1 Å². The normalized spacial score (nSPS) is 23.0. The zero-order valence-electron chi connectivity index (χ0n) is 12.8. The summed E-state index contributed by atoms with van der Waals surface area (Å²) in [6.45, 7) is 8.14. The van der Waals surface area contributed by atoms with Crippen LogP contribution in [0.25, 0.3) is 0 Å². The highest BCUT2D eigenvalue weighted by Crippen LogP contribution is 2.36. The van der Waals surface area contributed by atoms with Gasteiger partial charge in [-0.2, -0.15) is 0 Å². The molecule has 1 fully saturated rings. The number of hydrogen-bond donors (Lipinski definition) is 2. The molecule has 2 rings (SSSR count). The summed E-state index contributed by atoms with van der Waals surface area (Å²) in [7, 11) is -1.00. The van der Waals surface area contributed by atoms with Gasteiger partial charge >= 0.3 is 7.12 Å². The first-order valence-corrected chi connectivity index (χ1v) is 7.20. The first kappa shape index (κ1) is 16.0. The molecule has 2 aliphatic rings. The Bertz CT molecular complexity index is 380. The van der Waals surface area contributed by atoms with Gasteiger partial charge in [0.2, 0.25) is 0 Å². The predicted molar refractivity (Wildman–Crippen MR) is 76.0 cm³/mol. The van der Waals surface area contributed by atoms with Crippen molar-refractivity contribution in [3.8, 4) is 0 Å². The van der Waals surface area contributed by atoms with Crippen molar-refractivity contribution < 1.29 is 24.3 Å². The first-order valence-electron chi connectivity index (χ1n) is 7.20. The van der Waals surface area contributed by atoms with Gasteiger partial charge in [-0.15, -0.1) is 0 Å². The van der Waals surface area contributed by atoms with Crippen molar-refractivity contribution in [1.29, 1.82) is 0 Å². The van der Waals surface area contributed by atoms with E-state index >= 15 is 0 Å². The number of rotatable bonds is 4. The van der Waals surface area contributed by atoms with Crippen LogP contribution in [0.4, 0.5) is 0 Å². The van der Waals surface area contributed by atoms with Gasteiger partial charge < -0.3 is 24.3 Å². The Balaban J connectivity index is 1.97. The maximum Gasteiger partial charge on any atom is 0.487 e. The van der Waals surface area contributed by atoms with Gasteiger partial charge in [0.25, 0.3) is 0 Å². The highest BCUT2D eigenvalue weighted by atomic mass is 16.7. The molecular weight excluding hydrogens is 259 g/mol. The van der Waals surface area contributed by atoms with Gasteiger partial charge in [-0.3, -0.25) is 0 Å². The van der Waals surface area contributed by atoms with Crippen molar-refractivity contribution >= 4 is 7.12 Å². The minimum Gasteiger partial charge on any atom is -0.423 e. The summed E-state index contributed by atoms with van der Waals surface area (Å²) in [5.41, 5.74) is -1.06. The molecule has 1 heterocycles. The first-order chi connectivity index (χ1) is 9.15. The zero-order chi connectivity index (χ0) is 15.0. The predicted octanol–water partition coefficient (Wildman–Crippen LogP) is 1.43. The number of allylic oxidation sites excluding steroid dienone is 1. The molecule has 0 amide bonds. The second-order valence-electron chi connectivity index (χ2n) is 6.63. The summed E-state index contributed by atoms with van der Waals surface area (Å²) < 4.78 is 16.9. The maximum atomic E-state index is 10.2. The summed E-state index contributed by atoms with van der Waals surface area (Å²) in [6.07, 6.45) is 3.96. The van der Waals surface area contributed by atoms with E-state index in [1.54, 1.807) is 27.7 Å². The second-order valence-corrected chi connectivity index (χ2v) is 6.63. The minimum absolute atomic E-state index is 0.491. The largest absolute Gasteiger partial charge is 0.487 e. The Hall–Kier alpha value is -0.395. The molecule has 0 aromatic carbocycles. The minimum atomic E-state index is -1.04. The molecule has 0 bridgehead atoms. The summed E-state index contributed by atoms with van der Waals surface area (Å²) >= 11 is 0. The SMILES string of the molecule is CC(C)(O)C(C)(C)OB(O)C1=CCC2(CC1)OCCO2. The summed E-state index contributed by atoms with van der Waals surface area (Å²) in [5, 5.41) is 20.3. The maximum absolute atomic E-state index is 10.2. The fourth-order valence-corrected chi connectivity index (χ4v) is 2.31. The van der Waals surface area contributed by atoms with Crippen LogP contribution < -0.4 is 0 Å². The van der Waals surface area contributed by atoms with Gasteiger partial charge in [0, 0.05) is 12.8 Å². The molecule has 114 valence electrons. The molecule has 1 spiro atoms. The molecule has 0 saturated carbocycles. The van der Waals surface area contributed by atoms with E-state index in [1.807, 2.05) is 6.08 Å². The van der Waals surface area contributed by atoms with Gasteiger partial charge in [0.1, 0.15) is 0 Å². The van der Waals surface area contributed by atoms with Crippen LogP contribution in [0, 0.1) is 0 Å². The molecule has 1 saturated heterocycles. The lowest BCUT2D eigenvalue weighted by Crippen LogP contribution is -2.51. The Morgan fingerprint density at radius 3 is 2.30 bits per heavy atom. The van der Waals surface area contributed by atoms with E-state index in [1.165, 1.54) is 0 Å². The topological polar surface area (TPSA) is 68.2 Å². The fourth-order valence-electron chi connectivity index (χ4n) is 2.31. The van der Waals surface area contributed by atoms with Gasteiger partial charge in [0.15, 0.2) is 5.79 Å². The second kappa shape index (κ2) is 5.42. The lowest BCUT2D eigenvalue weighted by atomic mass is 9.70. The van der Waals surface area contributed by atoms with Crippen molar-refractivity contribution in [1.82, 2.24) is 0 Å². The van der Waals surface area contributed by atoms with Crippen molar-refractivity contribution in [2.45, 2.75) is 63.9 Å². The molecule has 1 aliphatic heterocycles. The van der Waals surface area contributed by atoms with Gasteiger partial charge in [-0.05, 0) is 39.6 Å².